The smallest absolute Gasteiger partial charge is 0.0596 e. The van der Waals surface area contributed by atoms with Crippen LogP contribution in [0.2, 0.25) is 0 Å². The van der Waals surface area contributed by atoms with Gasteiger partial charge in [-0.15, -0.1) is 0 Å². The summed E-state index contributed by atoms with van der Waals surface area (Å²) in [6, 6.07) is 0. The number of nitrogens with zero attached hydrogens (tertiary/aromatic N) is 1. The van der Waals surface area contributed by atoms with E-state index in [1.165, 1.54) is 38.9 Å². The Labute approximate surface area is 101 Å². The van der Waals surface area contributed by atoms with Crippen LogP contribution in [-0.2, 0) is 4.74 Å². The molecule has 0 bridgehead atoms. The number of ether oxygens (including phenoxy) is 1. The third-order valence-corrected chi connectivity index (χ3v) is 3.37. The molecule has 0 radical (unpaired) electrons. The summed E-state index contributed by atoms with van der Waals surface area (Å²) < 4.78 is 5.58. The van der Waals surface area contributed by atoms with Crippen LogP contribution in [0.15, 0.2) is 0 Å². The standard InChI is InChI=1S/C13H28N2O/c1-12(2)16-11-10-15-8-5-13(6-9-15)4-7-14-3/h12-14H,4-11H2,1-3H3. The van der Waals surface area contributed by atoms with Crippen molar-refractivity contribution < 1.29 is 4.74 Å². The van der Waals surface area contributed by atoms with Crippen molar-refractivity contribution in [2.75, 3.05) is 39.8 Å². The molecule has 0 unspecified atom stereocenters. The largest absolute Gasteiger partial charge is 0.377 e. The van der Waals surface area contributed by atoms with E-state index in [4.69, 9.17) is 4.74 Å². The number of rotatable bonds is 7. The van der Waals surface area contributed by atoms with E-state index in [0.717, 1.165) is 19.1 Å². The van der Waals surface area contributed by atoms with Gasteiger partial charge in [0.1, 0.15) is 0 Å². The minimum Gasteiger partial charge on any atom is -0.377 e. The van der Waals surface area contributed by atoms with Crippen molar-refractivity contribution >= 4 is 0 Å². The number of piperidine rings is 1. The van der Waals surface area contributed by atoms with E-state index in [0.29, 0.717) is 6.10 Å². The molecule has 0 amide bonds. The highest BCUT2D eigenvalue weighted by Crippen LogP contribution is 2.19. The predicted molar refractivity (Wildman–Crippen MR) is 68.8 cm³/mol. The quantitative estimate of drug-likeness (QED) is 0.718. The van der Waals surface area contributed by atoms with Gasteiger partial charge in [0.15, 0.2) is 0 Å². The van der Waals surface area contributed by atoms with Crippen LogP contribution in [-0.4, -0.2) is 50.8 Å². The van der Waals surface area contributed by atoms with Crippen molar-refractivity contribution in [2.45, 2.75) is 39.2 Å². The first kappa shape index (κ1) is 13.9. The fourth-order valence-corrected chi connectivity index (χ4v) is 2.26. The van der Waals surface area contributed by atoms with E-state index < -0.39 is 0 Å². The maximum Gasteiger partial charge on any atom is 0.0596 e. The van der Waals surface area contributed by atoms with Crippen LogP contribution in [0.25, 0.3) is 0 Å². The number of nitrogens with one attached hydrogen (secondary N) is 1. The highest BCUT2D eigenvalue weighted by atomic mass is 16.5. The molecule has 1 heterocycles. The first-order valence-corrected chi connectivity index (χ1v) is 6.71. The van der Waals surface area contributed by atoms with Crippen molar-refractivity contribution in [3.8, 4) is 0 Å². The Bertz CT molecular complexity index is 165. The zero-order valence-electron chi connectivity index (χ0n) is 11.2. The summed E-state index contributed by atoms with van der Waals surface area (Å²) in [6.07, 6.45) is 4.44. The van der Waals surface area contributed by atoms with Crippen LogP contribution in [0.4, 0.5) is 0 Å². The summed E-state index contributed by atoms with van der Waals surface area (Å²) in [5, 5.41) is 3.24. The number of hydrogen-bond donors (Lipinski definition) is 1. The van der Waals surface area contributed by atoms with E-state index in [-0.39, 0.29) is 0 Å². The fourth-order valence-electron chi connectivity index (χ4n) is 2.26. The lowest BCUT2D eigenvalue weighted by Gasteiger charge is -2.32. The lowest BCUT2D eigenvalue weighted by molar-refractivity contribution is 0.0504. The molecule has 3 heteroatoms. The van der Waals surface area contributed by atoms with E-state index in [2.05, 4.69) is 24.1 Å². The van der Waals surface area contributed by atoms with Gasteiger partial charge in [0.25, 0.3) is 0 Å². The summed E-state index contributed by atoms with van der Waals surface area (Å²) in [4.78, 5) is 2.54. The normalized spacial score (nSPS) is 19.5. The average Bonchev–Trinajstić information content (AvgIpc) is 2.27. The maximum atomic E-state index is 5.58. The van der Waals surface area contributed by atoms with Crippen molar-refractivity contribution in [2.24, 2.45) is 5.92 Å². The van der Waals surface area contributed by atoms with E-state index in [1.807, 2.05) is 7.05 Å². The van der Waals surface area contributed by atoms with Gasteiger partial charge in [-0.25, -0.2) is 0 Å². The van der Waals surface area contributed by atoms with Crippen molar-refractivity contribution in [1.82, 2.24) is 10.2 Å². The van der Waals surface area contributed by atoms with Gasteiger partial charge < -0.3 is 15.0 Å². The molecule has 0 aliphatic carbocycles. The van der Waals surface area contributed by atoms with E-state index >= 15 is 0 Å². The van der Waals surface area contributed by atoms with Crippen LogP contribution in [0, 0.1) is 5.92 Å². The summed E-state index contributed by atoms with van der Waals surface area (Å²) in [5.74, 6) is 0.940. The molecule has 16 heavy (non-hydrogen) atoms. The topological polar surface area (TPSA) is 24.5 Å². The van der Waals surface area contributed by atoms with Crippen LogP contribution in [0.1, 0.15) is 33.1 Å². The third kappa shape index (κ3) is 5.83. The van der Waals surface area contributed by atoms with Crippen LogP contribution < -0.4 is 5.32 Å². The molecule has 1 N–H and O–H groups in total. The first-order valence-electron chi connectivity index (χ1n) is 6.71. The molecule has 3 nitrogen and oxygen atoms in total. The molecular formula is C13H28N2O. The van der Waals surface area contributed by atoms with Gasteiger partial charge in [-0.3, -0.25) is 0 Å². The lowest BCUT2D eigenvalue weighted by atomic mass is 9.93. The monoisotopic (exact) mass is 228 g/mol. The molecule has 1 aliphatic rings. The molecule has 0 aromatic rings. The highest BCUT2D eigenvalue weighted by Gasteiger charge is 2.18. The maximum absolute atomic E-state index is 5.58. The minimum atomic E-state index is 0.369. The molecular weight excluding hydrogens is 200 g/mol. The highest BCUT2D eigenvalue weighted by molar-refractivity contribution is 4.72. The molecule has 1 saturated heterocycles. The van der Waals surface area contributed by atoms with Gasteiger partial charge in [0.2, 0.25) is 0 Å². The molecule has 1 rings (SSSR count). The Hall–Kier alpha value is -0.120. The van der Waals surface area contributed by atoms with Crippen LogP contribution in [0.5, 0.6) is 0 Å². The van der Waals surface area contributed by atoms with Gasteiger partial charge in [-0.05, 0) is 65.7 Å². The Kier molecular flexibility index (Phi) is 7.01. The zero-order chi connectivity index (χ0) is 11.8. The third-order valence-electron chi connectivity index (χ3n) is 3.37. The summed E-state index contributed by atoms with van der Waals surface area (Å²) in [6.45, 7) is 9.89. The van der Waals surface area contributed by atoms with Gasteiger partial charge in [-0.1, -0.05) is 0 Å². The SMILES string of the molecule is CNCCC1CCN(CCOC(C)C)CC1. The molecule has 96 valence electrons. The number of likely N-dealkylation sites (tertiary alicyclic amines) is 1. The summed E-state index contributed by atoms with van der Waals surface area (Å²) in [5.41, 5.74) is 0. The second-order valence-corrected chi connectivity index (χ2v) is 5.10. The molecule has 0 spiro atoms. The predicted octanol–water partition coefficient (Wildman–Crippen LogP) is 1.73. The van der Waals surface area contributed by atoms with Crippen LogP contribution >= 0.6 is 0 Å². The molecule has 1 fully saturated rings. The second kappa shape index (κ2) is 8.04. The Morgan fingerprint density at radius 3 is 2.56 bits per heavy atom. The number of hydrogen-bond acceptors (Lipinski definition) is 3. The van der Waals surface area contributed by atoms with Crippen molar-refractivity contribution in [1.29, 1.82) is 0 Å². The van der Waals surface area contributed by atoms with Crippen molar-refractivity contribution in [3.63, 3.8) is 0 Å². The zero-order valence-corrected chi connectivity index (χ0v) is 11.2. The summed E-state index contributed by atoms with van der Waals surface area (Å²) in [7, 11) is 2.04. The molecule has 1 aliphatic heterocycles. The first-order chi connectivity index (χ1) is 7.72. The molecule has 0 atom stereocenters. The van der Waals surface area contributed by atoms with Gasteiger partial charge in [0.05, 0.1) is 12.7 Å². The molecule has 0 aromatic heterocycles. The summed E-state index contributed by atoms with van der Waals surface area (Å²) >= 11 is 0. The van der Waals surface area contributed by atoms with Gasteiger partial charge in [0, 0.05) is 6.54 Å². The van der Waals surface area contributed by atoms with E-state index in [1.54, 1.807) is 0 Å². The van der Waals surface area contributed by atoms with E-state index in [9.17, 15) is 0 Å². The van der Waals surface area contributed by atoms with Crippen molar-refractivity contribution in [3.05, 3.63) is 0 Å². The fraction of sp³-hybridized carbons (Fsp3) is 1.00. The Morgan fingerprint density at radius 1 is 1.31 bits per heavy atom. The van der Waals surface area contributed by atoms with Crippen LogP contribution in [0.3, 0.4) is 0 Å². The molecule has 0 saturated carbocycles. The Balaban J connectivity index is 2.03. The Morgan fingerprint density at radius 2 is 2.00 bits per heavy atom. The van der Waals surface area contributed by atoms with Gasteiger partial charge >= 0.3 is 0 Å². The second-order valence-electron chi connectivity index (χ2n) is 5.10. The molecule has 0 aromatic carbocycles. The van der Waals surface area contributed by atoms with Gasteiger partial charge in [-0.2, -0.15) is 0 Å². The lowest BCUT2D eigenvalue weighted by Crippen LogP contribution is -2.36. The minimum absolute atomic E-state index is 0.369. The average molecular weight is 228 g/mol.